The van der Waals surface area contributed by atoms with Crippen LogP contribution in [-0.4, -0.2) is 35.2 Å². The number of nitrogens with one attached hydrogen (secondary N) is 1. The molecular weight excluding hydrogens is 217 g/mol. The largest absolute Gasteiger partial charge is 0.480 e. The van der Waals surface area contributed by atoms with Crippen LogP contribution in [0.25, 0.3) is 0 Å². The number of carbonyl (C=O) groups excluding carboxylic acids is 1. The summed E-state index contributed by atoms with van der Waals surface area (Å²) >= 11 is 0. The second-order valence-electron chi connectivity index (χ2n) is 3.07. The fourth-order valence-corrected chi connectivity index (χ4v) is 0.733. The van der Waals surface area contributed by atoms with Crippen molar-refractivity contribution in [2.45, 2.75) is 25.1 Å². The van der Waals surface area contributed by atoms with E-state index in [1.165, 1.54) is 0 Å². The van der Waals surface area contributed by atoms with Crippen LogP contribution in [0.5, 0.6) is 0 Å². The molecule has 8 heteroatoms. The van der Waals surface area contributed by atoms with Crippen LogP contribution in [-0.2, 0) is 9.59 Å². The molecule has 0 aromatic heterocycles. The molecule has 88 valence electrons. The van der Waals surface area contributed by atoms with E-state index in [4.69, 9.17) is 10.8 Å². The number of carbonyl (C=O) groups is 2. The first kappa shape index (κ1) is 13.7. The van der Waals surface area contributed by atoms with Gasteiger partial charge in [0.1, 0.15) is 0 Å². The molecule has 0 spiro atoms. The van der Waals surface area contributed by atoms with Gasteiger partial charge in [-0.1, -0.05) is 0 Å². The highest BCUT2D eigenvalue weighted by Crippen LogP contribution is 2.30. The second kappa shape index (κ2) is 4.47. The first-order valence-electron chi connectivity index (χ1n) is 3.94. The Balaban J connectivity index is 4.55. The normalized spacial score (nSPS) is 15.7. The summed E-state index contributed by atoms with van der Waals surface area (Å²) in [7, 11) is 0. The number of nitrogens with two attached hydrogens (primary N) is 1. The number of hydrogen-bond donors (Lipinski definition) is 3. The molecule has 0 aromatic rings. The lowest BCUT2D eigenvalue weighted by atomic mass is 10.0. The molecule has 0 radical (unpaired) electrons. The summed E-state index contributed by atoms with van der Waals surface area (Å²) in [5.74, 6) is -2.86. The third kappa shape index (κ3) is 3.39. The first-order valence-corrected chi connectivity index (χ1v) is 3.94. The molecule has 0 saturated carbocycles. The van der Waals surface area contributed by atoms with Crippen LogP contribution in [0.4, 0.5) is 13.2 Å². The highest BCUT2D eigenvalue weighted by molar-refractivity contribution is 5.79. The molecule has 0 bridgehead atoms. The quantitative estimate of drug-likeness (QED) is 0.610. The molecule has 0 aliphatic carbocycles. The van der Waals surface area contributed by atoms with Gasteiger partial charge in [-0.2, -0.15) is 13.2 Å². The third-order valence-electron chi connectivity index (χ3n) is 1.84. The molecule has 1 unspecified atom stereocenters. The molecule has 0 saturated heterocycles. The van der Waals surface area contributed by atoms with Gasteiger partial charge in [0.05, 0.1) is 0 Å². The smallest absolute Gasteiger partial charge is 0.417 e. The highest BCUT2D eigenvalue weighted by atomic mass is 19.4. The molecule has 0 aliphatic rings. The average Bonchev–Trinajstić information content (AvgIpc) is 2.00. The van der Waals surface area contributed by atoms with E-state index in [9.17, 15) is 22.8 Å². The van der Waals surface area contributed by atoms with Crippen LogP contribution in [0.2, 0.25) is 0 Å². The van der Waals surface area contributed by atoms with Crippen LogP contribution < -0.4 is 11.1 Å². The first-order chi connectivity index (χ1) is 6.61. The predicted octanol–water partition coefficient (Wildman–Crippen LogP) is -0.143. The zero-order valence-corrected chi connectivity index (χ0v) is 7.89. The lowest BCUT2D eigenvalue weighted by Crippen LogP contribution is -2.60. The van der Waals surface area contributed by atoms with Crippen molar-refractivity contribution < 1.29 is 27.9 Å². The summed E-state index contributed by atoms with van der Waals surface area (Å²) < 4.78 is 37.0. The van der Waals surface area contributed by atoms with E-state index in [1.807, 2.05) is 0 Å². The molecule has 4 N–H and O–H groups in total. The van der Waals surface area contributed by atoms with Gasteiger partial charge < -0.3 is 10.8 Å². The number of halogens is 3. The van der Waals surface area contributed by atoms with E-state index < -0.39 is 30.1 Å². The monoisotopic (exact) mass is 228 g/mol. The van der Waals surface area contributed by atoms with E-state index in [2.05, 4.69) is 0 Å². The Hall–Kier alpha value is -1.31. The molecule has 15 heavy (non-hydrogen) atoms. The van der Waals surface area contributed by atoms with Crippen LogP contribution in [0.3, 0.4) is 0 Å². The van der Waals surface area contributed by atoms with Crippen molar-refractivity contribution in [3.05, 3.63) is 0 Å². The maximum absolute atomic E-state index is 12.3. The van der Waals surface area contributed by atoms with Crippen molar-refractivity contribution in [1.29, 1.82) is 0 Å². The number of amides is 1. The van der Waals surface area contributed by atoms with Crippen LogP contribution in [0.15, 0.2) is 0 Å². The van der Waals surface area contributed by atoms with Crippen molar-refractivity contribution in [3.63, 3.8) is 0 Å². The topological polar surface area (TPSA) is 92.4 Å². The molecule has 1 atom stereocenters. The third-order valence-corrected chi connectivity index (χ3v) is 1.84. The Morgan fingerprint density at radius 2 is 1.87 bits per heavy atom. The van der Waals surface area contributed by atoms with Crippen molar-refractivity contribution in [2.24, 2.45) is 5.73 Å². The molecule has 0 rings (SSSR count). The minimum atomic E-state index is -4.95. The zero-order valence-electron chi connectivity index (χ0n) is 7.89. The van der Waals surface area contributed by atoms with Gasteiger partial charge in [0.15, 0.2) is 0 Å². The second-order valence-corrected chi connectivity index (χ2v) is 3.07. The minimum Gasteiger partial charge on any atom is -0.480 e. The van der Waals surface area contributed by atoms with E-state index in [1.54, 1.807) is 5.32 Å². The molecule has 0 aliphatic heterocycles. The summed E-state index contributed by atoms with van der Waals surface area (Å²) in [6.45, 7) is 0.0357. The minimum absolute atomic E-state index is 0.362. The average molecular weight is 228 g/mol. The summed E-state index contributed by atoms with van der Waals surface area (Å²) in [5.41, 5.74) is 1.63. The molecule has 0 aromatic carbocycles. The van der Waals surface area contributed by atoms with Gasteiger partial charge in [-0.3, -0.25) is 10.1 Å². The lowest BCUT2D eigenvalue weighted by molar-refractivity contribution is -0.205. The van der Waals surface area contributed by atoms with Crippen molar-refractivity contribution >= 4 is 11.9 Å². The Morgan fingerprint density at radius 1 is 1.40 bits per heavy atom. The van der Waals surface area contributed by atoms with Gasteiger partial charge in [0, 0.05) is 13.0 Å². The molecule has 0 fully saturated rings. The van der Waals surface area contributed by atoms with Gasteiger partial charge in [0.25, 0.3) is 0 Å². The van der Waals surface area contributed by atoms with Gasteiger partial charge in [-0.05, 0) is 6.92 Å². The van der Waals surface area contributed by atoms with Gasteiger partial charge in [0.2, 0.25) is 11.4 Å². The lowest BCUT2D eigenvalue weighted by Gasteiger charge is -2.28. The fourth-order valence-electron chi connectivity index (χ4n) is 0.733. The fraction of sp³-hybridized carbons (Fsp3) is 0.714. The SMILES string of the molecule is CC(NCCC(N)=O)(C(=O)O)C(F)(F)F. The van der Waals surface area contributed by atoms with Crippen molar-refractivity contribution in [1.82, 2.24) is 5.32 Å². The zero-order chi connectivity index (χ0) is 12.3. The summed E-state index contributed by atoms with van der Waals surface area (Å²) in [5, 5.41) is 10.2. The number of carboxylic acid groups (broad SMARTS) is 1. The maximum Gasteiger partial charge on any atom is 0.417 e. The number of carboxylic acids is 1. The Bertz CT molecular complexity index is 267. The van der Waals surface area contributed by atoms with E-state index in [0.29, 0.717) is 6.92 Å². The van der Waals surface area contributed by atoms with E-state index >= 15 is 0 Å². The summed E-state index contributed by atoms with van der Waals surface area (Å²) in [6, 6.07) is 0. The number of rotatable bonds is 5. The Labute approximate surface area is 83.4 Å². The standard InChI is InChI=1S/C7H11F3N2O3/c1-6(5(14)15,7(8,9)10)12-3-2-4(11)13/h12H,2-3H2,1H3,(H2,11,13)(H,14,15). The van der Waals surface area contributed by atoms with Crippen LogP contribution in [0, 0.1) is 0 Å². The summed E-state index contributed by atoms with van der Waals surface area (Å²) in [4.78, 5) is 20.7. The van der Waals surface area contributed by atoms with Gasteiger partial charge in [-0.15, -0.1) is 0 Å². The Kier molecular flexibility index (Phi) is 4.08. The maximum atomic E-state index is 12.3. The van der Waals surface area contributed by atoms with Crippen molar-refractivity contribution in [2.75, 3.05) is 6.54 Å². The van der Waals surface area contributed by atoms with Crippen LogP contribution >= 0.6 is 0 Å². The van der Waals surface area contributed by atoms with E-state index in [0.717, 1.165) is 0 Å². The number of primary amides is 1. The van der Waals surface area contributed by atoms with Gasteiger partial charge in [-0.25, -0.2) is 4.79 Å². The van der Waals surface area contributed by atoms with E-state index in [-0.39, 0.29) is 6.42 Å². The number of hydrogen-bond acceptors (Lipinski definition) is 3. The number of alkyl halides is 3. The summed E-state index contributed by atoms with van der Waals surface area (Å²) in [6.07, 6.45) is -5.31. The Morgan fingerprint density at radius 3 is 2.13 bits per heavy atom. The molecule has 5 nitrogen and oxygen atoms in total. The number of aliphatic carboxylic acids is 1. The molecule has 0 heterocycles. The van der Waals surface area contributed by atoms with Crippen LogP contribution in [0.1, 0.15) is 13.3 Å². The molecule has 1 amide bonds. The van der Waals surface area contributed by atoms with Gasteiger partial charge >= 0.3 is 12.1 Å². The van der Waals surface area contributed by atoms with Crippen molar-refractivity contribution in [3.8, 4) is 0 Å². The molecular formula is C7H11F3N2O3. The highest BCUT2D eigenvalue weighted by Gasteiger charge is 2.56. The predicted molar refractivity (Wildman–Crippen MR) is 43.9 cm³/mol.